The fraction of sp³-hybridized carbons (Fsp3) is 0.174. The van der Waals surface area contributed by atoms with Crippen molar-refractivity contribution in [1.82, 2.24) is 0 Å². The number of hydrogen-bond acceptors (Lipinski definition) is 2. The molecule has 0 aliphatic rings. The maximum atomic E-state index is 13.2. The molecule has 0 N–H and O–H groups in total. The van der Waals surface area contributed by atoms with Crippen LogP contribution in [0.1, 0.15) is 16.7 Å². The molecule has 0 saturated heterocycles. The molecule has 2 nitrogen and oxygen atoms in total. The van der Waals surface area contributed by atoms with Crippen molar-refractivity contribution in [3.63, 3.8) is 0 Å². The zero-order valence-electron chi connectivity index (χ0n) is 15.6. The Bertz CT molecular complexity index is 840. The van der Waals surface area contributed by atoms with Gasteiger partial charge in [0, 0.05) is 0 Å². The Morgan fingerprint density at radius 3 is 1.59 bits per heavy atom. The van der Waals surface area contributed by atoms with Gasteiger partial charge in [-0.2, -0.15) is 0 Å². The number of aryl methyl sites for hydroxylation is 2. The molecule has 0 saturated carbocycles. The predicted molar refractivity (Wildman–Crippen MR) is 113 cm³/mol. The average molecular weight is 488 g/mol. The van der Waals surface area contributed by atoms with Gasteiger partial charge in [0.25, 0.3) is 0 Å². The van der Waals surface area contributed by atoms with E-state index in [1.165, 1.54) is 27.2 Å². The summed E-state index contributed by atoms with van der Waals surface area (Å²) in [5.41, 5.74) is 3.49. The third kappa shape index (κ3) is 4.72. The van der Waals surface area contributed by atoms with Crippen LogP contribution in [0, 0.1) is 13.8 Å². The van der Waals surface area contributed by atoms with Gasteiger partial charge in [-0.25, -0.2) is 0 Å². The summed E-state index contributed by atoms with van der Waals surface area (Å²) >= 11 is -0.194. The molecule has 0 spiro atoms. The Morgan fingerprint density at radius 1 is 0.741 bits per heavy atom. The first-order valence-corrected chi connectivity index (χ1v) is 12.1. The Kier molecular flexibility index (Phi) is 6.57. The first-order chi connectivity index (χ1) is 13.0. The predicted octanol–water partition coefficient (Wildman–Crippen LogP) is 2.69. The molecule has 0 radical (unpaired) electrons. The van der Waals surface area contributed by atoms with Crippen LogP contribution in [-0.4, -0.2) is 43.0 Å². The van der Waals surface area contributed by atoms with Crippen LogP contribution < -0.4 is 8.92 Å². The topological polar surface area (TPSA) is 26.3 Å². The van der Waals surface area contributed by atoms with Crippen LogP contribution in [0.5, 0.6) is 0 Å². The van der Waals surface area contributed by atoms with Crippen molar-refractivity contribution in [3.05, 3.63) is 95.6 Å². The summed E-state index contributed by atoms with van der Waals surface area (Å²) in [5, 5.41) is 0. The van der Waals surface area contributed by atoms with Gasteiger partial charge in [0.2, 0.25) is 0 Å². The van der Waals surface area contributed by atoms with Crippen molar-refractivity contribution in [3.8, 4) is 0 Å². The molecule has 138 valence electrons. The molecule has 0 heterocycles. The third-order valence-corrected chi connectivity index (χ3v) is 11.0. The van der Waals surface area contributed by atoms with Crippen LogP contribution >= 0.6 is 0 Å². The molecule has 0 bridgehead atoms. The number of ether oxygens (including phenoxy) is 1. The SMILES string of the molecule is COC(=O)C([Se]c1ccc(C)cc1)([Se]c1ccc(C)cc1)c1ccccc1. The van der Waals surface area contributed by atoms with E-state index in [0.717, 1.165) is 5.56 Å². The maximum absolute atomic E-state index is 13.2. The second kappa shape index (κ2) is 8.91. The number of carbonyl (C=O) groups is 1. The van der Waals surface area contributed by atoms with Gasteiger partial charge in [0.05, 0.1) is 0 Å². The van der Waals surface area contributed by atoms with Crippen molar-refractivity contribution in [2.24, 2.45) is 0 Å². The van der Waals surface area contributed by atoms with E-state index in [4.69, 9.17) is 4.74 Å². The zero-order chi connectivity index (χ0) is 19.3. The minimum atomic E-state index is -0.638. The Morgan fingerprint density at radius 2 is 1.19 bits per heavy atom. The van der Waals surface area contributed by atoms with Crippen molar-refractivity contribution in [1.29, 1.82) is 0 Å². The molecular weight excluding hydrogens is 466 g/mol. The van der Waals surface area contributed by atoms with E-state index in [0.29, 0.717) is 0 Å². The Hall–Kier alpha value is -1.83. The van der Waals surface area contributed by atoms with E-state index >= 15 is 0 Å². The number of benzene rings is 3. The summed E-state index contributed by atoms with van der Waals surface area (Å²) in [7, 11) is 1.50. The zero-order valence-corrected chi connectivity index (χ0v) is 19.1. The second-order valence-corrected chi connectivity index (χ2v) is 13.0. The summed E-state index contributed by atoms with van der Waals surface area (Å²) in [5.74, 6) is -0.144. The van der Waals surface area contributed by atoms with Crippen LogP contribution in [0.15, 0.2) is 78.9 Å². The third-order valence-electron chi connectivity index (χ3n) is 4.17. The molecule has 0 aromatic heterocycles. The quantitative estimate of drug-likeness (QED) is 0.394. The summed E-state index contributed by atoms with van der Waals surface area (Å²) < 4.78 is 7.13. The van der Waals surface area contributed by atoms with Gasteiger partial charge in [-0.15, -0.1) is 0 Å². The number of carbonyl (C=O) groups excluding carboxylic acids is 1. The van der Waals surface area contributed by atoms with Crippen LogP contribution in [0.3, 0.4) is 0 Å². The van der Waals surface area contributed by atoms with E-state index in [-0.39, 0.29) is 35.9 Å². The Labute approximate surface area is 173 Å². The van der Waals surface area contributed by atoms with E-state index in [1.807, 2.05) is 18.2 Å². The van der Waals surface area contributed by atoms with E-state index < -0.39 is 3.21 Å². The van der Waals surface area contributed by atoms with Crippen LogP contribution in [0.25, 0.3) is 0 Å². The fourth-order valence-corrected chi connectivity index (χ4v) is 9.62. The number of hydrogen-bond donors (Lipinski definition) is 0. The molecule has 0 aliphatic carbocycles. The minimum absolute atomic E-state index is 0.0972. The van der Waals surface area contributed by atoms with Crippen LogP contribution in [0.2, 0.25) is 0 Å². The van der Waals surface area contributed by atoms with Gasteiger partial charge in [0.1, 0.15) is 0 Å². The molecular formula is C23H22O2Se2. The Balaban J connectivity index is 2.10. The standard InChI is InChI=1S/C23H22O2Se2/c1-17-9-13-20(14-10-17)26-23(22(24)25-3,19-7-5-4-6-8-19)27-21-15-11-18(2)12-16-21/h4-16H,1-3H3. The fourth-order valence-electron chi connectivity index (χ4n) is 2.68. The van der Waals surface area contributed by atoms with E-state index in [9.17, 15) is 4.79 Å². The molecule has 0 fully saturated rings. The molecule has 3 rings (SSSR count). The van der Waals surface area contributed by atoms with Gasteiger partial charge in [-0.1, -0.05) is 0 Å². The van der Waals surface area contributed by atoms with Crippen molar-refractivity contribution < 1.29 is 9.53 Å². The molecule has 3 aromatic rings. The van der Waals surface area contributed by atoms with Crippen molar-refractivity contribution in [2.45, 2.75) is 17.1 Å². The van der Waals surface area contributed by atoms with Crippen molar-refractivity contribution >= 4 is 44.8 Å². The molecule has 0 aliphatic heterocycles. The normalized spacial score (nSPS) is 11.2. The molecule has 0 unspecified atom stereocenters. The number of methoxy groups -OCH3 is 1. The summed E-state index contributed by atoms with van der Waals surface area (Å²) in [6.45, 7) is 4.16. The van der Waals surface area contributed by atoms with Gasteiger partial charge >= 0.3 is 174 Å². The first kappa shape index (κ1) is 19.9. The molecule has 0 amide bonds. The molecule has 0 atom stereocenters. The average Bonchev–Trinajstić information content (AvgIpc) is 2.71. The van der Waals surface area contributed by atoms with Gasteiger partial charge < -0.3 is 0 Å². The van der Waals surface area contributed by atoms with Crippen LogP contribution in [-0.2, 0) is 12.7 Å². The molecule has 3 aromatic carbocycles. The summed E-state index contributed by atoms with van der Waals surface area (Å²) in [6.07, 6.45) is 0. The second-order valence-electron chi connectivity index (χ2n) is 6.30. The molecule has 27 heavy (non-hydrogen) atoms. The van der Waals surface area contributed by atoms with Gasteiger partial charge in [-0.05, 0) is 0 Å². The van der Waals surface area contributed by atoms with E-state index in [1.54, 1.807) is 0 Å². The monoisotopic (exact) mass is 490 g/mol. The number of esters is 1. The summed E-state index contributed by atoms with van der Waals surface area (Å²) in [4.78, 5) is 13.2. The molecule has 4 heteroatoms. The number of rotatable bonds is 6. The van der Waals surface area contributed by atoms with Crippen molar-refractivity contribution in [2.75, 3.05) is 7.11 Å². The van der Waals surface area contributed by atoms with E-state index in [2.05, 4.69) is 74.5 Å². The van der Waals surface area contributed by atoms with Crippen LogP contribution in [0.4, 0.5) is 0 Å². The first-order valence-electron chi connectivity index (χ1n) is 8.69. The summed E-state index contributed by atoms with van der Waals surface area (Å²) in [6, 6.07) is 27.1. The van der Waals surface area contributed by atoms with Gasteiger partial charge in [0.15, 0.2) is 0 Å². The van der Waals surface area contributed by atoms with Gasteiger partial charge in [-0.3, -0.25) is 0 Å².